The van der Waals surface area contributed by atoms with Crippen molar-refractivity contribution in [3.05, 3.63) is 35.4 Å². The van der Waals surface area contributed by atoms with Crippen molar-refractivity contribution in [3.63, 3.8) is 0 Å². The molecule has 1 aromatic rings. The maximum Gasteiger partial charge on any atom is 0.254 e. The van der Waals surface area contributed by atoms with Crippen LogP contribution in [0.15, 0.2) is 45.3 Å². The van der Waals surface area contributed by atoms with Crippen LogP contribution in [0.5, 0.6) is 0 Å². The molecule has 0 aromatic heterocycles. The van der Waals surface area contributed by atoms with Crippen LogP contribution in [0.3, 0.4) is 0 Å². The lowest BCUT2D eigenvalue weighted by molar-refractivity contribution is -0.114. The Bertz CT molecular complexity index is 790. The molecule has 0 spiro atoms. The van der Waals surface area contributed by atoms with E-state index in [9.17, 15) is 13.2 Å². The Morgan fingerprint density at radius 2 is 1.77 bits per heavy atom. The predicted octanol–water partition coefficient (Wildman–Crippen LogP) is 0.975. The van der Waals surface area contributed by atoms with Crippen LogP contribution in [-0.4, -0.2) is 25.8 Å². The monoisotopic (exact) mass is 323 g/mol. The van der Waals surface area contributed by atoms with Gasteiger partial charge in [0, 0.05) is 0 Å². The van der Waals surface area contributed by atoms with Crippen molar-refractivity contribution < 1.29 is 17.9 Å². The van der Waals surface area contributed by atoms with E-state index in [-0.39, 0.29) is 16.4 Å². The van der Waals surface area contributed by atoms with Gasteiger partial charge >= 0.3 is 0 Å². The summed E-state index contributed by atoms with van der Waals surface area (Å²) in [4.78, 5) is 15.8. The Morgan fingerprint density at radius 1 is 1.23 bits per heavy atom. The number of hydrogen-bond acceptors (Lipinski definition) is 5. The van der Waals surface area contributed by atoms with E-state index in [0.29, 0.717) is 11.3 Å². The van der Waals surface area contributed by atoms with Crippen LogP contribution in [0.25, 0.3) is 0 Å². The Labute approximate surface area is 128 Å². The molecule has 1 aromatic carbocycles. The molecular weight excluding hydrogens is 306 g/mol. The molecule has 7 nitrogen and oxygen atoms in total. The van der Waals surface area contributed by atoms with E-state index in [0.717, 1.165) is 0 Å². The summed E-state index contributed by atoms with van der Waals surface area (Å²) in [6.07, 6.45) is 0. The maximum absolute atomic E-state index is 11.6. The van der Waals surface area contributed by atoms with E-state index in [1.54, 1.807) is 20.8 Å². The zero-order valence-electron chi connectivity index (χ0n) is 12.5. The Kier molecular flexibility index (Phi) is 3.84. The molecule has 0 saturated heterocycles. The van der Waals surface area contributed by atoms with Gasteiger partial charge in [0.15, 0.2) is 0 Å². The summed E-state index contributed by atoms with van der Waals surface area (Å²) in [5, 5.41) is 5.03. The normalized spacial score (nSPS) is 19.4. The van der Waals surface area contributed by atoms with Crippen LogP contribution >= 0.6 is 0 Å². The second kappa shape index (κ2) is 5.22. The van der Waals surface area contributed by atoms with Gasteiger partial charge < -0.3 is 10.5 Å². The standard InChI is InChI=1S/C14H17N3O4S/c1-8-11(12(15)18)13(21-14(8,2)3)17-9-4-6-10(7-5-9)22(16,19)20/h4-7H,1-3H3,(H2,15,18)(H2,16,19,20). The van der Waals surface area contributed by atoms with Crippen molar-refractivity contribution in [2.45, 2.75) is 31.3 Å². The number of nitrogens with two attached hydrogens (primary N) is 2. The van der Waals surface area contributed by atoms with Crippen molar-refractivity contribution in [1.29, 1.82) is 0 Å². The molecule has 1 amide bonds. The fourth-order valence-corrected chi connectivity index (χ4v) is 2.54. The van der Waals surface area contributed by atoms with E-state index >= 15 is 0 Å². The topological polar surface area (TPSA) is 125 Å². The van der Waals surface area contributed by atoms with Crippen LogP contribution in [-0.2, 0) is 19.6 Å². The summed E-state index contributed by atoms with van der Waals surface area (Å²) >= 11 is 0. The molecule has 4 N–H and O–H groups in total. The highest BCUT2D eigenvalue weighted by Gasteiger charge is 2.38. The summed E-state index contributed by atoms with van der Waals surface area (Å²) < 4.78 is 28.1. The van der Waals surface area contributed by atoms with Gasteiger partial charge in [-0.3, -0.25) is 4.79 Å². The van der Waals surface area contributed by atoms with Gasteiger partial charge in [0.1, 0.15) is 11.2 Å². The third-order valence-corrected chi connectivity index (χ3v) is 4.42. The molecule has 0 bridgehead atoms. The number of amides is 1. The van der Waals surface area contributed by atoms with E-state index < -0.39 is 21.5 Å². The molecule has 0 aliphatic carbocycles. The molecule has 1 aliphatic heterocycles. The Hall–Kier alpha value is -2.19. The quantitative estimate of drug-likeness (QED) is 0.859. The highest BCUT2D eigenvalue weighted by atomic mass is 32.2. The maximum atomic E-state index is 11.6. The van der Waals surface area contributed by atoms with Crippen LogP contribution in [0.2, 0.25) is 0 Å². The van der Waals surface area contributed by atoms with Gasteiger partial charge in [-0.25, -0.2) is 18.5 Å². The van der Waals surface area contributed by atoms with Crippen molar-refractivity contribution in [3.8, 4) is 0 Å². The summed E-state index contributed by atoms with van der Waals surface area (Å²) in [7, 11) is -3.76. The van der Waals surface area contributed by atoms with E-state index in [2.05, 4.69) is 4.99 Å². The average molecular weight is 323 g/mol. The molecule has 2 rings (SSSR count). The molecule has 0 radical (unpaired) electrons. The molecule has 0 saturated carbocycles. The lowest BCUT2D eigenvalue weighted by Crippen LogP contribution is -2.21. The summed E-state index contributed by atoms with van der Waals surface area (Å²) in [5.41, 5.74) is 6.06. The molecule has 22 heavy (non-hydrogen) atoms. The molecule has 0 fully saturated rings. The number of ether oxygens (including phenoxy) is 1. The number of primary amides is 1. The van der Waals surface area contributed by atoms with Gasteiger partial charge in [-0.15, -0.1) is 0 Å². The molecule has 1 heterocycles. The predicted molar refractivity (Wildman–Crippen MR) is 82.0 cm³/mol. The molecule has 8 heteroatoms. The van der Waals surface area contributed by atoms with Crippen molar-refractivity contribution in [2.75, 3.05) is 0 Å². The lowest BCUT2D eigenvalue weighted by atomic mass is 9.97. The number of hydrogen-bond donors (Lipinski definition) is 2. The van der Waals surface area contributed by atoms with Gasteiger partial charge in [0.05, 0.1) is 10.6 Å². The molecule has 0 unspecified atom stereocenters. The van der Waals surface area contributed by atoms with Gasteiger partial charge in [-0.05, 0) is 50.6 Å². The van der Waals surface area contributed by atoms with Crippen LogP contribution in [0, 0.1) is 0 Å². The van der Waals surface area contributed by atoms with Gasteiger partial charge in [-0.1, -0.05) is 0 Å². The summed E-state index contributed by atoms with van der Waals surface area (Å²) in [5.74, 6) is -0.499. The highest BCUT2D eigenvalue weighted by Crippen LogP contribution is 2.33. The first-order valence-electron chi connectivity index (χ1n) is 6.44. The van der Waals surface area contributed by atoms with Crippen molar-refractivity contribution >= 4 is 27.5 Å². The Morgan fingerprint density at radius 3 is 2.23 bits per heavy atom. The second-order valence-corrected chi connectivity index (χ2v) is 6.99. The third-order valence-electron chi connectivity index (χ3n) is 3.49. The largest absolute Gasteiger partial charge is 0.466 e. The molecule has 1 aliphatic rings. The molecule has 0 atom stereocenters. The first-order chi connectivity index (χ1) is 10.0. The van der Waals surface area contributed by atoms with Gasteiger partial charge in [0.2, 0.25) is 15.9 Å². The number of rotatable bonds is 3. The third kappa shape index (κ3) is 3.02. The van der Waals surface area contributed by atoms with Gasteiger partial charge in [0.25, 0.3) is 5.91 Å². The van der Waals surface area contributed by atoms with Gasteiger partial charge in [-0.2, -0.15) is 0 Å². The highest BCUT2D eigenvalue weighted by molar-refractivity contribution is 7.89. The first kappa shape index (κ1) is 16.2. The molecular formula is C14H17N3O4S. The Balaban J connectivity index is 2.44. The number of carbonyl (C=O) groups excluding carboxylic acids is 1. The minimum absolute atomic E-state index is 0.0223. The average Bonchev–Trinajstić information content (AvgIpc) is 2.59. The second-order valence-electron chi connectivity index (χ2n) is 5.43. The number of sulfonamides is 1. The van der Waals surface area contributed by atoms with Crippen LogP contribution in [0.1, 0.15) is 20.8 Å². The van der Waals surface area contributed by atoms with Crippen LogP contribution < -0.4 is 10.9 Å². The van der Waals surface area contributed by atoms with Crippen molar-refractivity contribution in [1.82, 2.24) is 0 Å². The van der Waals surface area contributed by atoms with E-state index in [4.69, 9.17) is 15.6 Å². The van der Waals surface area contributed by atoms with Crippen LogP contribution in [0.4, 0.5) is 5.69 Å². The fourth-order valence-electron chi connectivity index (χ4n) is 2.03. The molecule has 118 valence electrons. The van der Waals surface area contributed by atoms with E-state index in [1.807, 2.05) is 0 Å². The summed E-state index contributed by atoms with van der Waals surface area (Å²) in [6, 6.07) is 5.59. The SMILES string of the molecule is CC1=C(C(N)=O)C(=Nc2ccc(S(N)(=O)=O)cc2)OC1(C)C. The van der Waals surface area contributed by atoms with E-state index in [1.165, 1.54) is 24.3 Å². The number of nitrogens with zero attached hydrogens (tertiary/aromatic N) is 1. The minimum Gasteiger partial charge on any atom is -0.466 e. The summed E-state index contributed by atoms with van der Waals surface area (Å²) in [6.45, 7) is 5.36. The number of carbonyl (C=O) groups is 1. The minimum atomic E-state index is -3.76. The van der Waals surface area contributed by atoms with Crippen molar-refractivity contribution in [2.24, 2.45) is 15.9 Å². The first-order valence-corrected chi connectivity index (χ1v) is 7.99. The number of benzene rings is 1. The lowest BCUT2D eigenvalue weighted by Gasteiger charge is -2.19. The number of aliphatic imine (C=N–C) groups is 1. The zero-order valence-corrected chi connectivity index (χ0v) is 13.3. The zero-order chi connectivity index (χ0) is 16.7. The smallest absolute Gasteiger partial charge is 0.254 e. The fraction of sp³-hybridized carbons (Fsp3) is 0.286. The number of primary sulfonamides is 1.